The highest BCUT2D eigenvalue weighted by Gasteiger charge is 2.12. The Hall–Kier alpha value is -1.72. The lowest BCUT2D eigenvalue weighted by Gasteiger charge is -2.16. The van der Waals surface area contributed by atoms with Gasteiger partial charge >= 0.3 is 0 Å². The highest BCUT2D eigenvalue weighted by molar-refractivity contribution is 7.10. The van der Waals surface area contributed by atoms with Gasteiger partial charge in [0, 0.05) is 28.6 Å². The minimum Gasteiger partial charge on any atom is -0.366 e. The van der Waals surface area contributed by atoms with E-state index in [9.17, 15) is 9.18 Å². The van der Waals surface area contributed by atoms with Crippen LogP contribution in [0.2, 0.25) is 0 Å². The van der Waals surface area contributed by atoms with Crippen LogP contribution in [0, 0.1) is 5.82 Å². The SMILES string of the molecule is CCC(NCc1ccc(C(N)=O)cc1F)c1cccs1. The quantitative estimate of drug-likeness (QED) is 0.859. The first-order valence-corrected chi connectivity index (χ1v) is 7.34. The summed E-state index contributed by atoms with van der Waals surface area (Å²) in [6, 6.07) is 8.62. The third-order valence-corrected chi connectivity index (χ3v) is 4.16. The number of carbonyl (C=O) groups excluding carboxylic acids is 1. The average Bonchev–Trinajstić information content (AvgIpc) is 2.95. The molecule has 106 valence electrons. The molecule has 5 heteroatoms. The summed E-state index contributed by atoms with van der Waals surface area (Å²) in [5.41, 5.74) is 5.84. The van der Waals surface area contributed by atoms with E-state index in [4.69, 9.17) is 5.73 Å². The maximum atomic E-state index is 13.9. The van der Waals surface area contributed by atoms with Gasteiger partial charge in [0.05, 0.1) is 0 Å². The summed E-state index contributed by atoms with van der Waals surface area (Å²) in [6.07, 6.45) is 0.932. The predicted molar refractivity (Wildman–Crippen MR) is 79.1 cm³/mol. The van der Waals surface area contributed by atoms with Crippen LogP contribution >= 0.6 is 11.3 Å². The van der Waals surface area contributed by atoms with Crippen molar-refractivity contribution >= 4 is 17.2 Å². The molecule has 1 heterocycles. The third-order valence-electron chi connectivity index (χ3n) is 3.17. The number of benzene rings is 1. The van der Waals surface area contributed by atoms with E-state index in [1.165, 1.54) is 10.9 Å². The maximum Gasteiger partial charge on any atom is 0.248 e. The van der Waals surface area contributed by atoms with Crippen molar-refractivity contribution in [2.75, 3.05) is 0 Å². The van der Waals surface area contributed by atoms with Crippen molar-refractivity contribution in [3.8, 4) is 0 Å². The Kier molecular flexibility index (Phi) is 4.87. The van der Waals surface area contributed by atoms with Gasteiger partial charge in [0.2, 0.25) is 5.91 Å². The zero-order valence-electron chi connectivity index (χ0n) is 11.2. The van der Waals surface area contributed by atoms with Gasteiger partial charge in [-0.1, -0.05) is 19.1 Å². The minimum atomic E-state index is -0.617. The molecule has 1 amide bonds. The fourth-order valence-electron chi connectivity index (χ4n) is 2.01. The van der Waals surface area contributed by atoms with E-state index < -0.39 is 11.7 Å². The number of nitrogens with two attached hydrogens (primary N) is 1. The third kappa shape index (κ3) is 3.43. The number of nitrogens with one attached hydrogen (secondary N) is 1. The number of amides is 1. The maximum absolute atomic E-state index is 13.9. The number of hydrogen-bond donors (Lipinski definition) is 2. The van der Waals surface area contributed by atoms with Crippen LogP contribution in [0.1, 0.15) is 40.2 Å². The van der Waals surface area contributed by atoms with E-state index in [1.807, 2.05) is 11.4 Å². The van der Waals surface area contributed by atoms with Crippen molar-refractivity contribution in [1.82, 2.24) is 5.32 Å². The molecule has 1 atom stereocenters. The van der Waals surface area contributed by atoms with Crippen LogP contribution in [0.5, 0.6) is 0 Å². The zero-order valence-corrected chi connectivity index (χ0v) is 12.0. The van der Waals surface area contributed by atoms with Gasteiger partial charge in [-0.3, -0.25) is 4.79 Å². The van der Waals surface area contributed by atoms with Crippen molar-refractivity contribution in [1.29, 1.82) is 0 Å². The molecule has 0 saturated heterocycles. The van der Waals surface area contributed by atoms with E-state index in [-0.39, 0.29) is 11.6 Å². The number of carbonyl (C=O) groups is 1. The van der Waals surface area contributed by atoms with Crippen LogP contribution < -0.4 is 11.1 Å². The number of hydrogen-bond acceptors (Lipinski definition) is 3. The standard InChI is InChI=1S/C15H17FN2OS/c1-2-13(14-4-3-7-20-14)18-9-11-6-5-10(15(17)19)8-12(11)16/h3-8,13,18H,2,9H2,1H3,(H2,17,19). The normalized spacial score (nSPS) is 12.3. The van der Waals surface area contributed by atoms with Crippen LogP contribution in [-0.2, 0) is 6.54 Å². The molecule has 1 unspecified atom stereocenters. The highest BCUT2D eigenvalue weighted by Crippen LogP contribution is 2.22. The molecular weight excluding hydrogens is 275 g/mol. The summed E-state index contributed by atoms with van der Waals surface area (Å²) >= 11 is 1.68. The largest absolute Gasteiger partial charge is 0.366 e. The topological polar surface area (TPSA) is 55.1 Å². The molecule has 3 N–H and O–H groups in total. The number of rotatable bonds is 6. The summed E-state index contributed by atoms with van der Waals surface area (Å²) in [5.74, 6) is -1.02. The van der Waals surface area contributed by atoms with Gasteiger partial charge in [-0.15, -0.1) is 11.3 Å². The van der Waals surface area contributed by atoms with Crippen molar-refractivity contribution in [2.45, 2.75) is 25.9 Å². The molecular formula is C15H17FN2OS. The summed E-state index contributed by atoms with van der Waals surface area (Å²) in [4.78, 5) is 12.2. The summed E-state index contributed by atoms with van der Waals surface area (Å²) in [7, 11) is 0. The molecule has 1 aromatic carbocycles. The fourth-order valence-corrected chi connectivity index (χ4v) is 2.90. The van der Waals surface area contributed by atoms with Gasteiger partial charge in [-0.25, -0.2) is 4.39 Å². The van der Waals surface area contributed by atoms with Crippen LogP contribution in [-0.4, -0.2) is 5.91 Å². The Morgan fingerprint density at radius 1 is 1.45 bits per heavy atom. The van der Waals surface area contributed by atoms with E-state index >= 15 is 0 Å². The Balaban J connectivity index is 2.05. The second kappa shape index (κ2) is 6.63. The smallest absolute Gasteiger partial charge is 0.248 e. The van der Waals surface area contributed by atoms with Gasteiger partial charge in [0.1, 0.15) is 5.82 Å². The zero-order chi connectivity index (χ0) is 14.5. The van der Waals surface area contributed by atoms with Crippen molar-refractivity contribution < 1.29 is 9.18 Å². The van der Waals surface area contributed by atoms with E-state index in [2.05, 4.69) is 18.3 Å². The Morgan fingerprint density at radius 2 is 2.25 bits per heavy atom. The first-order chi connectivity index (χ1) is 9.61. The lowest BCUT2D eigenvalue weighted by Crippen LogP contribution is -2.20. The lowest BCUT2D eigenvalue weighted by molar-refractivity contribution is 0.1000. The molecule has 0 aliphatic carbocycles. The molecule has 0 aliphatic rings. The minimum absolute atomic E-state index is 0.191. The van der Waals surface area contributed by atoms with Crippen LogP contribution in [0.25, 0.3) is 0 Å². The summed E-state index contributed by atoms with van der Waals surface area (Å²) in [5, 5.41) is 5.36. The van der Waals surface area contributed by atoms with Gasteiger partial charge in [0.25, 0.3) is 0 Å². The van der Waals surface area contributed by atoms with Gasteiger partial charge < -0.3 is 11.1 Å². The molecule has 0 bridgehead atoms. The van der Waals surface area contributed by atoms with E-state index in [1.54, 1.807) is 23.5 Å². The molecule has 0 spiro atoms. The first kappa shape index (κ1) is 14.7. The number of thiophene rings is 1. The Labute approximate surface area is 121 Å². The summed E-state index contributed by atoms with van der Waals surface area (Å²) < 4.78 is 13.9. The molecule has 2 aromatic rings. The first-order valence-electron chi connectivity index (χ1n) is 6.46. The monoisotopic (exact) mass is 292 g/mol. The Bertz CT molecular complexity index is 584. The second-order valence-corrected chi connectivity index (χ2v) is 5.51. The molecule has 0 saturated carbocycles. The summed E-state index contributed by atoms with van der Waals surface area (Å²) in [6.45, 7) is 2.51. The van der Waals surface area contributed by atoms with Crippen molar-refractivity contribution in [3.05, 3.63) is 57.5 Å². The molecule has 0 aliphatic heterocycles. The van der Waals surface area contributed by atoms with Crippen LogP contribution in [0.4, 0.5) is 4.39 Å². The average molecular weight is 292 g/mol. The molecule has 2 rings (SSSR count). The molecule has 1 aromatic heterocycles. The molecule has 0 fully saturated rings. The molecule has 0 radical (unpaired) electrons. The van der Waals surface area contributed by atoms with Crippen LogP contribution in [0.15, 0.2) is 35.7 Å². The number of halogens is 1. The second-order valence-electron chi connectivity index (χ2n) is 4.53. The van der Waals surface area contributed by atoms with Crippen molar-refractivity contribution in [2.24, 2.45) is 5.73 Å². The Morgan fingerprint density at radius 3 is 2.80 bits per heavy atom. The van der Waals surface area contributed by atoms with Crippen molar-refractivity contribution in [3.63, 3.8) is 0 Å². The van der Waals surface area contributed by atoms with E-state index in [0.29, 0.717) is 12.1 Å². The van der Waals surface area contributed by atoms with Gasteiger partial charge in [-0.2, -0.15) is 0 Å². The van der Waals surface area contributed by atoms with E-state index in [0.717, 1.165) is 6.42 Å². The highest BCUT2D eigenvalue weighted by atomic mass is 32.1. The molecule has 3 nitrogen and oxygen atoms in total. The molecule has 20 heavy (non-hydrogen) atoms. The predicted octanol–water partition coefficient (Wildman–Crippen LogP) is 3.23. The number of primary amides is 1. The van der Waals surface area contributed by atoms with Gasteiger partial charge in [-0.05, 0) is 30.0 Å². The lowest BCUT2D eigenvalue weighted by atomic mass is 10.1. The van der Waals surface area contributed by atoms with Gasteiger partial charge in [0.15, 0.2) is 0 Å². The fraction of sp³-hybridized carbons (Fsp3) is 0.267. The van der Waals surface area contributed by atoms with Crippen LogP contribution in [0.3, 0.4) is 0 Å².